The van der Waals surface area contributed by atoms with Crippen LogP contribution in [0, 0.1) is 16.9 Å². The van der Waals surface area contributed by atoms with Crippen LogP contribution in [0.4, 0.5) is 0 Å². The van der Waals surface area contributed by atoms with E-state index in [1.807, 2.05) is 66.1 Å². The number of allylic oxidation sites excluding steroid dienone is 2. The van der Waals surface area contributed by atoms with E-state index in [1.54, 1.807) is 11.3 Å². The van der Waals surface area contributed by atoms with Gasteiger partial charge in [-0.25, -0.2) is 4.98 Å². The van der Waals surface area contributed by atoms with Crippen molar-refractivity contribution in [2.45, 2.75) is 93.4 Å². The van der Waals surface area contributed by atoms with Gasteiger partial charge in [-0.1, -0.05) is 91.5 Å². The Morgan fingerprint density at radius 1 is 0.840 bits per heavy atom. The molecule has 2 aromatic carbocycles. The van der Waals surface area contributed by atoms with E-state index < -0.39 is 0 Å². The summed E-state index contributed by atoms with van der Waals surface area (Å²) >= 11 is 1.64. The number of hydrogen-bond donors (Lipinski definition) is 1. The number of hydrogen-bond acceptors (Lipinski definition) is 6. The minimum absolute atomic E-state index is 0. The van der Waals surface area contributed by atoms with Crippen molar-refractivity contribution in [1.82, 2.24) is 9.97 Å². The van der Waals surface area contributed by atoms with Crippen molar-refractivity contribution in [3.8, 4) is 22.6 Å². The third-order valence-electron chi connectivity index (χ3n) is 10.5. The minimum atomic E-state index is -0.337. The van der Waals surface area contributed by atoms with Gasteiger partial charge in [0, 0.05) is 71.4 Å². The molecule has 265 valence electrons. The molecule has 0 aliphatic heterocycles. The molecule has 5 nitrogen and oxygen atoms in total. The molecular weight excluding hydrogens is 817 g/mol. The van der Waals surface area contributed by atoms with E-state index in [0.717, 1.165) is 74.8 Å². The van der Waals surface area contributed by atoms with Gasteiger partial charge in [0.2, 0.25) is 0 Å². The first kappa shape index (κ1) is 39.2. The maximum atomic E-state index is 12.2. The fourth-order valence-corrected chi connectivity index (χ4v) is 6.82. The fourth-order valence-electron chi connectivity index (χ4n) is 6.06. The largest absolute Gasteiger partial charge is 0.512 e. The van der Waals surface area contributed by atoms with Crippen LogP contribution in [0.15, 0.2) is 88.6 Å². The molecule has 0 saturated heterocycles. The number of benzene rings is 2. The minimum Gasteiger partial charge on any atom is -0.512 e. The Labute approximate surface area is 314 Å². The summed E-state index contributed by atoms with van der Waals surface area (Å²) in [4.78, 5) is 22.4. The Morgan fingerprint density at radius 2 is 1.50 bits per heavy atom. The van der Waals surface area contributed by atoms with E-state index in [2.05, 4.69) is 79.7 Å². The van der Waals surface area contributed by atoms with Gasteiger partial charge in [0.25, 0.3) is 0 Å². The molecule has 0 bridgehead atoms. The molecule has 0 atom stereocenters. The number of carbonyl (C=O) groups is 1. The molecule has 50 heavy (non-hydrogen) atoms. The summed E-state index contributed by atoms with van der Waals surface area (Å²) in [6, 6.07) is 22.4. The third-order valence-corrected chi connectivity index (χ3v) is 11.3. The zero-order chi connectivity index (χ0) is 35.6. The maximum Gasteiger partial charge on any atom is 0.164 e. The number of carbonyl (C=O) groups excluding carboxylic acids is 1. The Morgan fingerprint density at radius 3 is 2.16 bits per heavy atom. The molecule has 0 spiro atoms. The Hall–Kier alpha value is -3.64. The smallest absolute Gasteiger partial charge is 0.164 e. The van der Waals surface area contributed by atoms with Gasteiger partial charge in [0.05, 0.1) is 0 Å². The summed E-state index contributed by atoms with van der Waals surface area (Å²) < 4.78 is 6.30. The Kier molecular flexibility index (Phi) is 12.3. The zero-order valence-corrected chi connectivity index (χ0v) is 33.9. The summed E-state index contributed by atoms with van der Waals surface area (Å²) in [6.45, 7) is 18.8. The van der Waals surface area contributed by atoms with Crippen LogP contribution in [0.1, 0.15) is 93.6 Å². The van der Waals surface area contributed by atoms with Crippen LogP contribution in [-0.4, -0.2) is 20.9 Å². The van der Waals surface area contributed by atoms with Crippen LogP contribution >= 0.6 is 11.3 Å². The van der Waals surface area contributed by atoms with Crippen molar-refractivity contribution in [2.24, 2.45) is 10.8 Å². The van der Waals surface area contributed by atoms with Gasteiger partial charge in [-0.15, -0.1) is 40.5 Å². The van der Waals surface area contributed by atoms with Crippen LogP contribution in [0.5, 0.6) is 0 Å². The average molecular weight is 866 g/mol. The van der Waals surface area contributed by atoms with Crippen LogP contribution in [-0.2, 0) is 30.3 Å². The Balaban J connectivity index is 0.000000269. The quantitative estimate of drug-likeness (QED) is 0.0890. The normalized spacial score (nSPS) is 12.5. The molecule has 6 aromatic rings. The second kappa shape index (κ2) is 15.7. The summed E-state index contributed by atoms with van der Waals surface area (Å²) in [5.74, 6) is 1.12. The third kappa shape index (κ3) is 7.81. The first-order valence-electron chi connectivity index (χ1n) is 17.4. The van der Waals surface area contributed by atoms with Crippen LogP contribution in [0.3, 0.4) is 0 Å². The van der Waals surface area contributed by atoms with Gasteiger partial charge in [-0.3, -0.25) is 9.78 Å². The molecule has 0 amide bonds. The van der Waals surface area contributed by atoms with Crippen molar-refractivity contribution in [3.05, 3.63) is 95.8 Å². The van der Waals surface area contributed by atoms with Gasteiger partial charge in [0.1, 0.15) is 21.9 Å². The molecule has 6 rings (SSSR count). The number of pyridine rings is 2. The zero-order valence-electron chi connectivity index (χ0n) is 30.7. The number of rotatable bonds is 9. The molecule has 0 aliphatic rings. The van der Waals surface area contributed by atoms with E-state index in [4.69, 9.17) is 9.40 Å². The topological polar surface area (TPSA) is 76.2 Å². The number of thiophene rings is 1. The molecule has 0 saturated carbocycles. The molecule has 4 aromatic heterocycles. The molecule has 7 heteroatoms. The average Bonchev–Trinajstić information content (AvgIpc) is 3.78. The number of aliphatic hydroxyl groups is 1. The van der Waals surface area contributed by atoms with Crippen LogP contribution in [0.2, 0.25) is 0 Å². The first-order valence-corrected chi connectivity index (χ1v) is 18.3. The number of aromatic nitrogens is 2. The summed E-state index contributed by atoms with van der Waals surface area (Å²) in [5.41, 5.74) is 4.44. The van der Waals surface area contributed by atoms with Crippen molar-refractivity contribution >= 4 is 49.1 Å². The number of furan rings is 1. The van der Waals surface area contributed by atoms with Crippen LogP contribution < -0.4 is 0 Å². The molecule has 4 heterocycles. The van der Waals surface area contributed by atoms with Gasteiger partial charge >= 0.3 is 0 Å². The molecular formula is C43H49IrN2O3S-. The van der Waals surface area contributed by atoms with Crippen molar-refractivity contribution < 1.29 is 34.4 Å². The maximum absolute atomic E-state index is 12.2. The standard InChI is InChI=1S/C28H21N2OS.C15H28O2.Ir/c1-28(2,3)23-15-18(14-17-6-4-5-7-19(17)23)26-22-16-25(31-24(22)9-12-29-26)20-8-11-30-27-21(20)10-13-32-27;1-7-14(5,8-2)12(16)11-13(17)15(6,9-3)10-4;/h4-13,15-16H,1-3H3;11,16H,7-10H2,1-6H3;/q-1;;/b;12-11-;. The van der Waals surface area contributed by atoms with Gasteiger partial charge in [0.15, 0.2) is 5.78 Å². The first-order chi connectivity index (χ1) is 23.3. The van der Waals surface area contributed by atoms with Crippen molar-refractivity contribution in [1.29, 1.82) is 0 Å². The second-order valence-electron chi connectivity index (χ2n) is 14.5. The number of nitrogens with zero attached hydrogens (tertiary/aromatic N) is 2. The summed E-state index contributed by atoms with van der Waals surface area (Å²) in [5, 5.41) is 16.6. The fraction of sp³-hybridized carbons (Fsp3) is 0.372. The predicted molar refractivity (Wildman–Crippen MR) is 206 cm³/mol. The second-order valence-corrected chi connectivity index (χ2v) is 15.4. The van der Waals surface area contributed by atoms with E-state index >= 15 is 0 Å². The SMILES string of the molecule is CC(C)(C)c1cc(-c2nccc3oc(-c4ccnc5sccc45)cc23)[c-]c2ccccc12.CCC(C)(CC)C(=O)/C=C(\O)C(C)(CC)CC.[Ir]. The van der Waals surface area contributed by atoms with E-state index in [-0.39, 0.29) is 47.9 Å². The van der Waals surface area contributed by atoms with Gasteiger partial charge in [-0.2, -0.15) is 0 Å². The summed E-state index contributed by atoms with van der Waals surface area (Å²) in [7, 11) is 0. The monoisotopic (exact) mass is 866 g/mol. The molecule has 0 fully saturated rings. The number of fused-ring (bicyclic) bond motifs is 3. The van der Waals surface area contributed by atoms with Crippen molar-refractivity contribution in [2.75, 3.05) is 0 Å². The van der Waals surface area contributed by atoms with Crippen LogP contribution in [0.25, 0.3) is 54.5 Å². The molecule has 0 unspecified atom stereocenters. The van der Waals surface area contributed by atoms with Crippen molar-refractivity contribution in [3.63, 3.8) is 0 Å². The number of aliphatic hydroxyl groups excluding tert-OH is 1. The predicted octanol–water partition coefficient (Wildman–Crippen LogP) is 12.7. The molecule has 0 aliphatic carbocycles. The van der Waals surface area contributed by atoms with E-state index in [9.17, 15) is 9.90 Å². The van der Waals surface area contributed by atoms with E-state index in [1.165, 1.54) is 17.0 Å². The van der Waals surface area contributed by atoms with Gasteiger partial charge < -0.3 is 9.52 Å². The van der Waals surface area contributed by atoms with Gasteiger partial charge in [-0.05, 0) is 60.7 Å². The Bertz CT molecular complexity index is 2130. The van der Waals surface area contributed by atoms with E-state index in [0.29, 0.717) is 0 Å². The number of ketones is 1. The summed E-state index contributed by atoms with van der Waals surface area (Å²) in [6.07, 6.45) is 8.41. The molecule has 1 N–H and O–H groups in total. The molecule has 1 radical (unpaired) electrons.